The lowest BCUT2D eigenvalue weighted by Crippen LogP contribution is -2.41. The van der Waals surface area contributed by atoms with Crippen LogP contribution < -0.4 is 5.73 Å². The second-order valence-electron chi connectivity index (χ2n) is 6.02. The van der Waals surface area contributed by atoms with E-state index in [0.29, 0.717) is 31.6 Å². The van der Waals surface area contributed by atoms with Crippen LogP contribution in [0, 0.1) is 5.92 Å². The third kappa shape index (κ3) is 3.85. The van der Waals surface area contributed by atoms with Crippen molar-refractivity contribution in [2.45, 2.75) is 39.3 Å². The van der Waals surface area contributed by atoms with E-state index in [-0.39, 0.29) is 6.09 Å². The third-order valence-corrected chi connectivity index (χ3v) is 3.43. The van der Waals surface area contributed by atoms with Crippen molar-refractivity contribution in [2.24, 2.45) is 11.7 Å². The van der Waals surface area contributed by atoms with Gasteiger partial charge in [-0.3, -0.25) is 0 Å². The van der Waals surface area contributed by atoms with Crippen molar-refractivity contribution in [2.75, 3.05) is 33.2 Å². The van der Waals surface area contributed by atoms with E-state index in [4.69, 9.17) is 10.5 Å². The van der Waals surface area contributed by atoms with Gasteiger partial charge in [-0.25, -0.2) is 4.79 Å². The molecular formula is C13H27N3O2. The minimum absolute atomic E-state index is 0.229. The Bertz CT molecular complexity index is 288. The van der Waals surface area contributed by atoms with E-state index < -0.39 is 5.60 Å². The summed E-state index contributed by atoms with van der Waals surface area (Å²) in [5, 5.41) is 0. The fraction of sp³-hybridized carbons (Fsp3) is 0.923. The summed E-state index contributed by atoms with van der Waals surface area (Å²) in [6.07, 6.45) is -0.229. The number of hydrogen-bond donors (Lipinski definition) is 1. The molecule has 18 heavy (non-hydrogen) atoms. The standard InChI is InChI=1S/C13H27N3O2/c1-6-15(5)11-9-16(8-10(11)7-14)12(17)18-13(2,3)4/h10-11H,6-9,14H2,1-5H3/t10-,11+/m1/s1. The molecule has 0 saturated carbocycles. The number of carbonyl (C=O) groups excluding carboxylic acids is 1. The number of hydrogen-bond acceptors (Lipinski definition) is 4. The molecule has 0 aromatic heterocycles. The molecule has 1 aliphatic heterocycles. The average Bonchev–Trinajstić information content (AvgIpc) is 2.69. The Balaban J connectivity index is 2.63. The zero-order valence-electron chi connectivity index (χ0n) is 12.3. The van der Waals surface area contributed by atoms with Gasteiger partial charge in [-0.1, -0.05) is 6.92 Å². The number of amides is 1. The van der Waals surface area contributed by atoms with E-state index in [1.807, 2.05) is 20.8 Å². The van der Waals surface area contributed by atoms with Gasteiger partial charge in [-0.15, -0.1) is 0 Å². The zero-order valence-corrected chi connectivity index (χ0v) is 12.3. The highest BCUT2D eigenvalue weighted by atomic mass is 16.6. The van der Waals surface area contributed by atoms with Crippen LogP contribution in [0.2, 0.25) is 0 Å². The van der Waals surface area contributed by atoms with Crippen LogP contribution in [0.15, 0.2) is 0 Å². The number of nitrogens with two attached hydrogens (primary N) is 1. The van der Waals surface area contributed by atoms with Crippen LogP contribution in [-0.2, 0) is 4.74 Å². The molecule has 0 unspecified atom stereocenters. The molecule has 106 valence electrons. The molecule has 5 nitrogen and oxygen atoms in total. The summed E-state index contributed by atoms with van der Waals surface area (Å²) in [5.41, 5.74) is 5.36. The Morgan fingerprint density at radius 1 is 1.44 bits per heavy atom. The minimum Gasteiger partial charge on any atom is -0.444 e. The fourth-order valence-corrected chi connectivity index (χ4v) is 2.30. The second-order valence-corrected chi connectivity index (χ2v) is 6.02. The Kier molecular flexibility index (Phi) is 4.99. The first-order valence-electron chi connectivity index (χ1n) is 6.66. The first-order chi connectivity index (χ1) is 8.28. The molecule has 0 aromatic rings. The zero-order chi connectivity index (χ0) is 13.9. The van der Waals surface area contributed by atoms with E-state index in [2.05, 4.69) is 18.9 Å². The molecule has 1 fully saturated rings. The summed E-state index contributed by atoms with van der Waals surface area (Å²) in [4.78, 5) is 16.1. The van der Waals surface area contributed by atoms with E-state index in [0.717, 1.165) is 6.54 Å². The quantitative estimate of drug-likeness (QED) is 0.823. The number of likely N-dealkylation sites (tertiary alicyclic amines) is 1. The van der Waals surface area contributed by atoms with E-state index in [1.165, 1.54) is 0 Å². The van der Waals surface area contributed by atoms with Crippen molar-refractivity contribution >= 4 is 6.09 Å². The van der Waals surface area contributed by atoms with Crippen molar-refractivity contribution in [3.05, 3.63) is 0 Å². The molecule has 2 atom stereocenters. The molecule has 2 N–H and O–H groups in total. The summed E-state index contributed by atoms with van der Waals surface area (Å²) in [7, 11) is 2.08. The lowest BCUT2D eigenvalue weighted by atomic mass is 10.0. The van der Waals surface area contributed by atoms with Crippen LogP contribution in [0.3, 0.4) is 0 Å². The van der Waals surface area contributed by atoms with Gasteiger partial charge in [-0.05, 0) is 40.9 Å². The summed E-state index contributed by atoms with van der Waals surface area (Å²) < 4.78 is 5.40. The molecule has 0 spiro atoms. The van der Waals surface area contributed by atoms with Crippen LogP contribution in [0.1, 0.15) is 27.7 Å². The normalized spacial score (nSPS) is 24.7. The summed E-state index contributed by atoms with van der Waals surface area (Å²) in [6.45, 7) is 10.7. The van der Waals surface area contributed by atoms with E-state index >= 15 is 0 Å². The summed E-state index contributed by atoms with van der Waals surface area (Å²) in [6, 6.07) is 0.340. The van der Waals surface area contributed by atoms with Gasteiger partial charge in [0.1, 0.15) is 5.60 Å². The van der Waals surface area contributed by atoms with Crippen LogP contribution in [0.5, 0.6) is 0 Å². The predicted molar refractivity (Wildman–Crippen MR) is 72.4 cm³/mol. The molecule has 0 radical (unpaired) electrons. The second kappa shape index (κ2) is 5.89. The lowest BCUT2D eigenvalue weighted by molar-refractivity contribution is 0.0280. The van der Waals surface area contributed by atoms with Gasteiger partial charge >= 0.3 is 6.09 Å². The minimum atomic E-state index is -0.440. The molecule has 1 rings (SSSR count). The van der Waals surface area contributed by atoms with E-state index in [1.54, 1.807) is 4.90 Å². The smallest absolute Gasteiger partial charge is 0.410 e. The van der Waals surface area contributed by atoms with Crippen molar-refractivity contribution in [3.8, 4) is 0 Å². The van der Waals surface area contributed by atoms with Crippen molar-refractivity contribution in [1.29, 1.82) is 0 Å². The molecule has 1 heterocycles. The van der Waals surface area contributed by atoms with Crippen LogP contribution in [0.25, 0.3) is 0 Å². The highest BCUT2D eigenvalue weighted by Crippen LogP contribution is 2.22. The first kappa shape index (κ1) is 15.2. The molecule has 1 amide bonds. The van der Waals surface area contributed by atoms with Gasteiger partial charge in [0.15, 0.2) is 0 Å². The maximum atomic E-state index is 12.0. The lowest BCUT2D eigenvalue weighted by Gasteiger charge is -2.27. The molecule has 0 aromatic carbocycles. The van der Waals surface area contributed by atoms with Gasteiger partial charge in [0, 0.05) is 25.0 Å². The third-order valence-electron chi connectivity index (χ3n) is 3.43. The maximum absolute atomic E-state index is 12.0. The summed E-state index contributed by atoms with van der Waals surface area (Å²) in [5.74, 6) is 0.336. The van der Waals surface area contributed by atoms with Crippen LogP contribution in [-0.4, -0.2) is 60.8 Å². The maximum Gasteiger partial charge on any atom is 0.410 e. The Hall–Kier alpha value is -0.810. The van der Waals surface area contributed by atoms with Gasteiger partial charge in [0.25, 0.3) is 0 Å². The fourth-order valence-electron chi connectivity index (χ4n) is 2.30. The topological polar surface area (TPSA) is 58.8 Å². The number of nitrogens with zero attached hydrogens (tertiary/aromatic N) is 2. The number of carbonyl (C=O) groups is 1. The van der Waals surface area contributed by atoms with Gasteiger partial charge in [-0.2, -0.15) is 0 Å². The SMILES string of the molecule is CCN(C)[C@H]1CN(C(=O)OC(C)(C)C)C[C@H]1CN. The Morgan fingerprint density at radius 3 is 2.50 bits per heavy atom. The average molecular weight is 257 g/mol. The Morgan fingerprint density at radius 2 is 2.06 bits per heavy atom. The highest BCUT2D eigenvalue weighted by molar-refractivity contribution is 5.68. The number of ether oxygens (including phenoxy) is 1. The first-order valence-corrected chi connectivity index (χ1v) is 6.66. The van der Waals surface area contributed by atoms with Crippen LogP contribution >= 0.6 is 0 Å². The van der Waals surface area contributed by atoms with Gasteiger partial charge in [0.2, 0.25) is 0 Å². The predicted octanol–water partition coefficient (Wildman–Crippen LogP) is 1.13. The van der Waals surface area contributed by atoms with Crippen LogP contribution in [0.4, 0.5) is 4.79 Å². The largest absolute Gasteiger partial charge is 0.444 e. The number of rotatable bonds is 3. The number of likely N-dealkylation sites (N-methyl/N-ethyl adjacent to an activating group) is 1. The van der Waals surface area contributed by atoms with E-state index in [9.17, 15) is 4.79 Å². The van der Waals surface area contributed by atoms with Crippen molar-refractivity contribution in [1.82, 2.24) is 9.80 Å². The molecule has 0 bridgehead atoms. The van der Waals surface area contributed by atoms with Gasteiger partial charge in [0.05, 0.1) is 0 Å². The van der Waals surface area contributed by atoms with Gasteiger partial charge < -0.3 is 20.3 Å². The molecule has 5 heteroatoms. The molecule has 0 aliphatic carbocycles. The molecule has 1 aliphatic rings. The molecular weight excluding hydrogens is 230 g/mol. The molecule has 1 saturated heterocycles. The monoisotopic (exact) mass is 257 g/mol. The highest BCUT2D eigenvalue weighted by Gasteiger charge is 2.37. The summed E-state index contributed by atoms with van der Waals surface area (Å²) >= 11 is 0. The van der Waals surface area contributed by atoms with Crippen molar-refractivity contribution < 1.29 is 9.53 Å². The van der Waals surface area contributed by atoms with Crippen molar-refractivity contribution in [3.63, 3.8) is 0 Å². The Labute approximate surface area is 110 Å².